The van der Waals surface area contributed by atoms with Gasteiger partial charge in [-0.15, -0.1) is 0 Å². The number of fused-ring (bicyclic) bond motifs is 1. The molecular formula is C9H8NO2. The van der Waals surface area contributed by atoms with E-state index in [1.165, 1.54) is 0 Å². The van der Waals surface area contributed by atoms with E-state index in [1.807, 2.05) is 19.1 Å². The van der Waals surface area contributed by atoms with Gasteiger partial charge in [0.15, 0.2) is 0 Å². The summed E-state index contributed by atoms with van der Waals surface area (Å²) in [6, 6.07) is 8.33. The fraction of sp³-hybridized carbons (Fsp3) is 0.222. The number of amides is 1. The smallest absolute Gasteiger partial charge is 0.412 e. The molecule has 1 aliphatic heterocycles. The number of carbonyl (C=O) groups is 1. The number of ether oxygens (including phenoxy) is 1. The first-order valence-electron chi connectivity index (χ1n) is 3.75. The van der Waals surface area contributed by atoms with Gasteiger partial charge in [-0.05, 0) is 25.1 Å². The maximum absolute atomic E-state index is 10.9. The van der Waals surface area contributed by atoms with E-state index in [1.54, 1.807) is 6.07 Å². The lowest BCUT2D eigenvalue weighted by molar-refractivity contribution is 0.116. The van der Waals surface area contributed by atoms with E-state index in [0.29, 0.717) is 0 Å². The maximum atomic E-state index is 10.9. The molecule has 0 saturated carbocycles. The highest BCUT2D eigenvalue weighted by molar-refractivity contribution is 5.87. The van der Waals surface area contributed by atoms with Crippen LogP contribution in [0.2, 0.25) is 0 Å². The van der Waals surface area contributed by atoms with Crippen LogP contribution in [0.4, 0.5) is 10.5 Å². The zero-order chi connectivity index (χ0) is 8.55. The minimum Gasteiger partial charge on any atom is -0.441 e. The molecule has 3 nitrogen and oxygen atoms in total. The molecule has 0 fully saturated rings. The Morgan fingerprint density at radius 1 is 1.67 bits per heavy atom. The third kappa shape index (κ3) is 1.03. The van der Waals surface area contributed by atoms with Crippen LogP contribution >= 0.6 is 0 Å². The summed E-state index contributed by atoms with van der Waals surface area (Å²) in [5.74, 6) is 0. The monoisotopic (exact) mass is 162 g/mol. The van der Waals surface area contributed by atoms with Crippen molar-refractivity contribution in [1.29, 1.82) is 0 Å². The largest absolute Gasteiger partial charge is 0.441 e. The van der Waals surface area contributed by atoms with Crippen LogP contribution in [0.15, 0.2) is 18.2 Å². The van der Waals surface area contributed by atoms with Crippen LogP contribution in [0.25, 0.3) is 0 Å². The second-order valence-electron chi connectivity index (χ2n) is 2.69. The molecule has 0 aliphatic carbocycles. The summed E-state index contributed by atoms with van der Waals surface area (Å²) in [5.41, 5.74) is 1.79. The molecule has 1 heterocycles. The first-order chi connectivity index (χ1) is 5.77. The second-order valence-corrected chi connectivity index (χ2v) is 2.69. The molecule has 0 saturated heterocycles. The predicted octanol–water partition coefficient (Wildman–Crippen LogP) is 2.11. The molecule has 1 radical (unpaired) electrons. The molecule has 2 rings (SSSR count). The zero-order valence-corrected chi connectivity index (χ0v) is 6.63. The number of carbonyl (C=O) groups excluding carboxylic acids is 1. The maximum Gasteiger partial charge on any atom is 0.412 e. The van der Waals surface area contributed by atoms with Gasteiger partial charge in [0, 0.05) is 5.56 Å². The number of anilines is 1. The fourth-order valence-electron chi connectivity index (χ4n) is 1.26. The molecular weight excluding hydrogens is 154 g/mol. The van der Waals surface area contributed by atoms with Gasteiger partial charge in [0.2, 0.25) is 0 Å². The van der Waals surface area contributed by atoms with Crippen molar-refractivity contribution >= 4 is 11.8 Å². The van der Waals surface area contributed by atoms with Gasteiger partial charge in [-0.2, -0.15) is 0 Å². The van der Waals surface area contributed by atoms with Crippen LogP contribution in [-0.4, -0.2) is 6.09 Å². The average molecular weight is 162 g/mol. The first kappa shape index (κ1) is 7.16. The Morgan fingerprint density at radius 2 is 2.50 bits per heavy atom. The highest BCUT2D eigenvalue weighted by atomic mass is 16.6. The minimum atomic E-state index is -0.388. The molecule has 1 amide bonds. The van der Waals surface area contributed by atoms with Crippen LogP contribution in [0.1, 0.15) is 18.6 Å². The van der Waals surface area contributed by atoms with E-state index in [2.05, 4.69) is 11.4 Å². The van der Waals surface area contributed by atoms with Gasteiger partial charge in [0.05, 0.1) is 5.69 Å². The highest BCUT2D eigenvalue weighted by Gasteiger charge is 2.21. The third-order valence-electron chi connectivity index (χ3n) is 1.85. The van der Waals surface area contributed by atoms with Crippen molar-refractivity contribution in [2.75, 3.05) is 5.32 Å². The Labute approximate surface area is 70.3 Å². The predicted molar refractivity (Wildman–Crippen MR) is 43.8 cm³/mol. The number of benzene rings is 1. The van der Waals surface area contributed by atoms with Crippen LogP contribution in [0.5, 0.6) is 0 Å². The number of nitrogens with one attached hydrogen (secondary N) is 1. The molecule has 0 spiro atoms. The summed E-state index contributed by atoms with van der Waals surface area (Å²) in [6.45, 7) is 1.84. The molecule has 1 aromatic rings. The summed E-state index contributed by atoms with van der Waals surface area (Å²) >= 11 is 0. The van der Waals surface area contributed by atoms with Crippen molar-refractivity contribution in [1.82, 2.24) is 0 Å². The SMILES string of the molecule is CC1OC(=O)Nc2cc[c]cc21. The van der Waals surface area contributed by atoms with E-state index in [-0.39, 0.29) is 12.2 Å². The Kier molecular flexibility index (Phi) is 1.50. The minimum absolute atomic E-state index is 0.175. The van der Waals surface area contributed by atoms with Crippen molar-refractivity contribution < 1.29 is 9.53 Å². The van der Waals surface area contributed by atoms with Crippen molar-refractivity contribution in [3.05, 3.63) is 29.8 Å². The molecule has 12 heavy (non-hydrogen) atoms. The van der Waals surface area contributed by atoms with Gasteiger partial charge < -0.3 is 4.74 Å². The lowest BCUT2D eigenvalue weighted by Crippen LogP contribution is -2.22. The van der Waals surface area contributed by atoms with Crippen molar-refractivity contribution in [2.24, 2.45) is 0 Å². The summed E-state index contributed by atoms with van der Waals surface area (Å²) in [5, 5.41) is 2.61. The molecule has 1 aromatic carbocycles. The molecule has 0 aromatic heterocycles. The zero-order valence-electron chi connectivity index (χ0n) is 6.63. The van der Waals surface area contributed by atoms with Gasteiger partial charge >= 0.3 is 6.09 Å². The standard InChI is InChI=1S/C9H8NO2/c1-6-7-4-2-3-5-8(7)10-9(11)12-6/h3-6H,1H3,(H,10,11). The molecule has 1 aliphatic rings. The molecule has 1 unspecified atom stereocenters. The van der Waals surface area contributed by atoms with E-state index in [0.717, 1.165) is 11.3 Å². The van der Waals surface area contributed by atoms with Gasteiger partial charge in [0.1, 0.15) is 6.10 Å². The van der Waals surface area contributed by atoms with Crippen LogP contribution < -0.4 is 5.32 Å². The van der Waals surface area contributed by atoms with Crippen LogP contribution in [0.3, 0.4) is 0 Å². The summed E-state index contributed by atoms with van der Waals surface area (Å²) < 4.78 is 4.94. The van der Waals surface area contributed by atoms with Crippen LogP contribution in [-0.2, 0) is 4.74 Å². The lowest BCUT2D eigenvalue weighted by Gasteiger charge is -2.22. The van der Waals surface area contributed by atoms with Gasteiger partial charge in [-0.3, -0.25) is 5.32 Å². The Balaban J connectivity index is 2.47. The van der Waals surface area contributed by atoms with E-state index in [4.69, 9.17) is 4.74 Å². The molecule has 61 valence electrons. The van der Waals surface area contributed by atoms with Crippen LogP contribution in [0, 0.1) is 6.07 Å². The van der Waals surface area contributed by atoms with E-state index < -0.39 is 0 Å². The van der Waals surface area contributed by atoms with Crippen molar-refractivity contribution in [3.8, 4) is 0 Å². The Morgan fingerprint density at radius 3 is 3.33 bits per heavy atom. The lowest BCUT2D eigenvalue weighted by atomic mass is 10.1. The van der Waals surface area contributed by atoms with Gasteiger partial charge in [0.25, 0.3) is 0 Å². The average Bonchev–Trinajstić information content (AvgIpc) is 2.04. The molecule has 0 bridgehead atoms. The number of cyclic esters (lactones) is 1. The molecule has 3 heteroatoms. The van der Waals surface area contributed by atoms with E-state index >= 15 is 0 Å². The number of hydrogen-bond donors (Lipinski definition) is 1. The van der Waals surface area contributed by atoms with E-state index in [9.17, 15) is 4.79 Å². The summed E-state index contributed by atoms with van der Waals surface area (Å²) in [6.07, 6.45) is -0.563. The highest BCUT2D eigenvalue weighted by Crippen LogP contribution is 2.29. The van der Waals surface area contributed by atoms with Crippen molar-refractivity contribution in [2.45, 2.75) is 13.0 Å². The summed E-state index contributed by atoms with van der Waals surface area (Å²) in [4.78, 5) is 10.9. The number of rotatable bonds is 0. The first-order valence-corrected chi connectivity index (χ1v) is 3.75. The second kappa shape index (κ2) is 2.52. The quantitative estimate of drug-likeness (QED) is 0.634. The molecule has 1 atom stereocenters. The fourth-order valence-corrected chi connectivity index (χ4v) is 1.26. The number of hydrogen-bond acceptors (Lipinski definition) is 2. The van der Waals surface area contributed by atoms with Crippen molar-refractivity contribution in [3.63, 3.8) is 0 Å². The topological polar surface area (TPSA) is 38.3 Å². The Bertz CT molecular complexity index is 322. The normalized spacial score (nSPS) is 20.8. The third-order valence-corrected chi connectivity index (χ3v) is 1.85. The van der Waals surface area contributed by atoms with Gasteiger partial charge in [-0.1, -0.05) is 6.07 Å². The van der Waals surface area contributed by atoms with Gasteiger partial charge in [-0.25, -0.2) is 4.79 Å². The summed E-state index contributed by atoms with van der Waals surface area (Å²) in [7, 11) is 0. The Hall–Kier alpha value is -1.51. The molecule has 1 N–H and O–H groups in total.